The van der Waals surface area contributed by atoms with Gasteiger partial charge >= 0.3 is 0 Å². The lowest BCUT2D eigenvalue weighted by Gasteiger charge is -1.64. The molecule has 0 heterocycles. The van der Waals surface area contributed by atoms with Gasteiger partial charge in [-0.25, -0.2) is 0 Å². The van der Waals surface area contributed by atoms with Crippen molar-refractivity contribution in [3.63, 3.8) is 0 Å². The van der Waals surface area contributed by atoms with Crippen LogP contribution < -0.4 is 0 Å². The maximum absolute atomic E-state index is 3.82. The van der Waals surface area contributed by atoms with Crippen molar-refractivity contribution in [3.05, 3.63) is 23.0 Å². The van der Waals surface area contributed by atoms with Crippen molar-refractivity contribution in [2.24, 2.45) is 0 Å². The Labute approximate surface area is 88.4 Å². The van der Waals surface area contributed by atoms with Gasteiger partial charge in [0.05, 0.1) is 0 Å². The fourth-order valence-electron chi connectivity index (χ4n) is 0.211. The first kappa shape index (κ1) is 17.6. The Balaban J connectivity index is -0.000000107. The Morgan fingerprint density at radius 3 is 1.18 bits per heavy atom. The quantitative estimate of drug-likeness (QED) is 0.637. The zero-order valence-corrected chi connectivity index (χ0v) is 9.91. The van der Waals surface area contributed by atoms with Crippen molar-refractivity contribution in [2.45, 2.75) is 26.7 Å². The van der Waals surface area contributed by atoms with E-state index in [1.807, 2.05) is 12.2 Å². The molecule has 68 valence electrons. The van der Waals surface area contributed by atoms with Crippen LogP contribution in [0.25, 0.3) is 0 Å². The van der Waals surface area contributed by atoms with Gasteiger partial charge in [0.2, 0.25) is 0 Å². The molecule has 0 N–H and O–H groups in total. The van der Waals surface area contributed by atoms with Crippen molar-refractivity contribution in [1.82, 2.24) is 0 Å². The van der Waals surface area contributed by atoms with Crippen LogP contribution in [-0.4, -0.2) is 0 Å². The molecule has 3 heteroatoms. The molecule has 0 nitrogen and oxygen atoms in total. The van der Waals surface area contributed by atoms with Crippen molar-refractivity contribution in [2.75, 3.05) is 0 Å². The van der Waals surface area contributed by atoms with Crippen LogP contribution in [0.3, 0.4) is 0 Å². The van der Waals surface area contributed by atoms with Crippen LogP contribution in [0, 0.1) is 0 Å². The van der Waals surface area contributed by atoms with Crippen LogP contribution >= 0.6 is 38.8 Å². The SMILES string of the molecule is CC/C=C/S.CC/C=C/S.S. The summed E-state index contributed by atoms with van der Waals surface area (Å²) in [4.78, 5) is 0. The molecule has 0 radical (unpaired) electrons. The third kappa shape index (κ3) is 37.3. The summed E-state index contributed by atoms with van der Waals surface area (Å²) in [6.45, 7) is 4.15. The van der Waals surface area contributed by atoms with Crippen molar-refractivity contribution in [3.8, 4) is 0 Å². The molecule has 0 aliphatic heterocycles. The minimum absolute atomic E-state index is 0. The second-order valence-electron chi connectivity index (χ2n) is 1.59. The monoisotopic (exact) mass is 210 g/mol. The van der Waals surface area contributed by atoms with E-state index in [1.54, 1.807) is 10.8 Å². The molecule has 0 aromatic carbocycles. The Morgan fingerprint density at radius 2 is 1.18 bits per heavy atom. The van der Waals surface area contributed by atoms with Gasteiger partial charge in [-0.3, -0.25) is 0 Å². The number of thiol groups is 2. The van der Waals surface area contributed by atoms with Crippen molar-refractivity contribution in [1.29, 1.82) is 0 Å². The lowest BCUT2D eigenvalue weighted by molar-refractivity contribution is 1.23. The van der Waals surface area contributed by atoms with Crippen LogP contribution in [0.2, 0.25) is 0 Å². The molecule has 0 aliphatic rings. The average molecular weight is 210 g/mol. The Hall–Kier alpha value is 0.530. The topological polar surface area (TPSA) is 0 Å². The molecule has 0 rings (SSSR count). The molecule has 0 bridgehead atoms. The average Bonchev–Trinajstić information content (AvgIpc) is 1.93. The third-order valence-corrected chi connectivity index (χ3v) is 1.10. The minimum atomic E-state index is 0. The summed E-state index contributed by atoms with van der Waals surface area (Å²) >= 11 is 7.64. The highest BCUT2D eigenvalue weighted by Gasteiger charge is 1.53. The second-order valence-corrected chi connectivity index (χ2v) is 2.18. The van der Waals surface area contributed by atoms with E-state index in [1.165, 1.54) is 0 Å². The molecule has 0 aliphatic carbocycles. The highest BCUT2D eigenvalue weighted by Crippen LogP contribution is 1.79. The van der Waals surface area contributed by atoms with Crippen LogP contribution in [0.1, 0.15) is 26.7 Å². The predicted molar refractivity (Wildman–Crippen MR) is 67.2 cm³/mol. The minimum Gasteiger partial charge on any atom is -0.197 e. The van der Waals surface area contributed by atoms with E-state index >= 15 is 0 Å². The van der Waals surface area contributed by atoms with Crippen LogP contribution in [0.4, 0.5) is 0 Å². The lowest BCUT2D eigenvalue weighted by atomic mass is 10.5. The summed E-state index contributed by atoms with van der Waals surface area (Å²) in [5.41, 5.74) is 0. The normalized spacial score (nSPS) is 9.09. The third-order valence-electron chi connectivity index (χ3n) is 0.682. The van der Waals surface area contributed by atoms with Gasteiger partial charge in [0.15, 0.2) is 0 Å². The molecule has 11 heavy (non-hydrogen) atoms. The van der Waals surface area contributed by atoms with Gasteiger partial charge in [-0.05, 0) is 23.7 Å². The highest BCUT2D eigenvalue weighted by molar-refractivity contribution is 7.83. The molecular formula is C8H18S3. The fourth-order valence-corrected chi connectivity index (χ4v) is 0.632. The Bertz CT molecular complexity index is 75.3. The highest BCUT2D eigenvalue weighted by atomic mass is 32.1. The molecular weight excluding hydrogens is 192 g/mol. The maximum atomic E-state index is 3.82. The van der Waals surface area contributed by atoms with Crippen LogP contribution in [0.15, 0.2) is 23.0 Å². The summed E-state index contributed by atoms with van der Waals surface area (Å²) in [6.07, 6.45) is 6.15. The summed E-state index contributed by atoms with van der Waals surface area (Å²) < 4.78 is 0. The number of hydrogen-bond donors (Lipinski definition) is 2. The molecule has 0 saturated carbocycles. The smallest absolute Gasteiger partial charge is 0.0364 e. The molecule has 0 atom stereocenters. The zero-order valence-electron chi connectivity index (χ0n) is 7.12. The summed E-state index contributed by atoms with van der Waals surface area (Å²) in [5.74, 6) is 0. The van der Waals surface area contributed by atoms with E-state index in [0.29, 0.717) is 0 Å². The van der Waals surface area contributed by atoms with Gasteiger partial charge in [0.1, 0.15) is 0 Å². The molecule has 0 amide bonds. The van der Waals surface area contributed by atoms with Gasteiger partial charge in [-0.2, -0.15) is 38.8 Å². The summed E-state index contributed by atoms with van der Waals surface area (Å²) in [7, 11) is 0. The van der Waals surface area contributed by atoms with Gasteiger partial charge in [0.25, 0.3) is 0 Å². The maximum Gasteiger partial charge on any atom is -0.0364 e. The molecule has 0 unspecified atom stereocenters. The van der Waals surface area contributed by atoms with E-state index in [9.17, 15) is 0 Å². The van der Waals surface area contributed by atoms with E-state index in [-0.39, 0.29) is 13.5 Å². The van der Waals surface area contributed by atoms with Crippen LogP contribution in [-0.2, 0) is 0 Å². The second kappa shape index (κ2) is 22.4. The predicted octanol–water partition coefficient (Wildman–Crippen LogP) is 3.79. The molecule has 0 spiro atoms. The van der Waals surface area contributed by atoms with E-state index in [2.05, 4.69) is 39.1 Å². The summed E-state index contributed by atoms with van der Waals surface area (Å²) in [6, 6.07) is 0. The zero-order chi connectivity index (χ0) is 8.24. The van der Waals surface area contributed by atoms with E-state index in [4.69, 9.17) is 0 Å². The number of rotatable bonds is 2. The number of hydrogen-bond acceptors (Lipinski definition) is 2. The molecule has 0 fully saturated rings. The first-order valence-electron chi connectivity index (χ1n) is 3.41. The first-order valence-corrected chi connectivity index (χ1v) is 4.45. The standard InChI is InChI=1S/2C4H8S.H2S/c2*1-2-3-4-5;/h2*3-5H,2H2,1H3;1H2/b2*4-3+;. The lowest BCUT2D eigenvalue weighted by Crippen LogP contribution is -1.41. The van der Waals surface area contributed by atoms with Gasteiger partial charge in [-0.15, -0.1) is 0 Å². The van der Waals surface area contributed by atoms with Gasteiger partial charge < -0.3 is 0 Å². The molecule has 0 aromatic rings. The molecule has 0 saturated heterocycles. The fraction of sp³-hybridized carbons (Fsp3) is 0.500. The largest absolute Gasteiger partial charge is 0.197 e. The van der Waals surface area contributed by atoms with Gasteiger partial charge in [0, 0.05) is 0 Å². The number of allylic oxidation sites excluding steroid dienone is 2. The summed E-state index contributed by atoms with van der Waals surface area (Å²) in [5, 5.41) is 3.50. The van der Waals surface area contributed by atoms with Gasteiger partial charge in [-0.1, -0.05) is 26.0 Å². The first-order chi connectivity index (χ1) is 4.83. The Kier molecular flexibility index (Phi) is 35.8. The van der Waals surface area contributed by atoms with Crippen molar-refractivity contribution >= 4 is 38.8 Å². The van der Waals surface area contributed by atoms with Crippen molar-refractivity contribution < 1.29 is 0 Å². The van der Waals surface area contributed by atoms with E-state index < -0.39 is 0 Å². The molecule has 0 aromatic heterocycles. The van der Waals surface area contributed by atoms with E-state index in [0.717, 1.165) is 12.8 Å². The van der Waals surface area contributed by atoms with Crippen LogP contribution in [0.5, 0.6) is 0 Å². The Morgan fingerprint density at radius 1 is 0.909 bits per heavy atom.